The molecule has 2 aliphatic carbocycles. The normalized spacial score (nSPS) is 47.4. The van der Waals surface area contributed by atoms with Crippen LogP contribution in [0.3, 0.4) is 0 Å². The molecule has 0 saturated heterocycles. The molecule has 0 N–H and O–H groups in total. The molecule has 0 aliphatic heterocycles. The fourth-order valence-electron chi connectivity index (χ4n) is 3.03. The van der Waals surface area contributed by atoms with E-state index in [1.54, 1.807) is 0 Å². The van der Waals surface area contributed by atoms with Crippen LogP contribution in [0.4, 0.5) is 0 Å². The lowest BCUT2D eigenvalue weighted by molar-refractivity contribution is -0.143. The molecule has 2 saturated carbocycles. The van der Waals surface area contributed by atoms with E-state index in [2.05, 4.69) is 13.8 Å². The Hall–Kier alpha value is -0.660. The molecule has 2 bridgehead atoms. The predicted molar refractivity (Wildman–Crippen MR) is 49.2 cm³/mol. The summed E-state index contributed by atoms with van der Waals surface area (Å²) in [4.78, 5) is 23.5. The van der Waals surface area contributed by atoms with Crippen LogP contribution in [-0.2, 0) is 9.59 Å². The maximum atomic E-state index is 11.8. The van der Waals surface area contributed by atoms with Crippen molar-refractivity contribution in [2.75, 3.05) is 0 Å². The van der Waals surface area contributed by atoms with Crippen molar-refractivity contribution < 1.29 is 9.59 Å². The Morgan fingerprint density at radius 1 is 0.846 bits per heavy atom. The predicted octanol–water partition coefficient (Wildman–Crippen LogP) is 1.97. The van der Waals surface area contributed by atoms with Crippen LogP contribution in [0.15, 0.2) is 0 Å². The summed E-state index contributed by atoms with van der Waals surface area (Å²) in [5.41, 5.74) is -0.939. The van der Waals surface area contributed by atoms with Crippen molar-refractivity contribution in [3.8, 4) is 0 Å². The van der Waals surface area contributed by atoms with Gasteiger partial charge in [0.2, 0.25) is 11.6 Å². The SMILES string of the molecule is CC1(C)[C@@]2(C)CC[C@]1(C)C(=O)C2=O. The van der Waals surface area contributed by atoms with Gasteiger partial charge in [-0.2, -0.15) is 0 Å². The quantitative estimate of drug-likeness (QED) is 0.534. The van der Waals surface area contributed by atoms with Crippen molar-refractivity contribution in [2.45, 2.75) is 40.5 Å². The number of carbonyl (C=O) groups excluding carboxylic acids is 2. The van der Waals surface area contributed by atoms with Crippen molar-refractivity contribution >= 4 is 11.6 Å². The standard InChI is InChI=1S/C11H16O2/c1-9(2)10(3)5-6-11(9,4)8(13)7(10)12/h5-6H2,1-4H3/t10-,11+. The second-order valence-electron chi connectivity index (χ2n) is 5.45. The first-order valence-corrected chi connectivity index (χ1v) is 4.87. The summed E-state index contributed by atoms with van der Waals surface area (Å²) in [6.07, 6.45) is 1.75. The number of ketones is 2. The first-order valence-electron chi connectivity index (χ1n) is 4.87. The summed E-state index contributed by atoms with van der Waals surface area (Å²) >= 11 is 0. The van der Waals surface area contributed by atoms with Gasteiger partial charge in [0.25, 0.3) is 0 Å². The average Bonchev–Trinajstić information content (AvgIpc) is 2.28. The highest BCUT2D eigenvalue weighted by atomic mass is 16.2. The summed E-state index contributed by atoms with van der Waals surface area (Å²) in [7, 11) is 0. The number of rotatable bonds is 0. The number of fused-ring (bicyclic) bond motifs is 2. The maximum absolute atomic E-state index is 11.8. The fraction of sp³-hybridized carbons (Fsp3) is 0.818. The Balaban J connectivity index is 2.68. The largest absolute Gasteiger partial charge is 0.290 e. The molecule has 13 heavy (non-hydrogen) atoms. The van der Waals surface area contributed by atoms with Gasteiger partial charge in [0.1, 0.15) is 0 Å². The van der Waals surface area contributed by atoms with Crippen LogP contribution in [0.1, 0.15) is 40.5 Å². The zero-order valence-electron chi connectivity index (χ0n) is 8.73. The zero-order chi connectivity index (χ0) is 10.1. The summed E-state index contributed by atoms with van der Waals surface area (Å²) < 4.78 is 0. The third kappa shape index (κ3) is 0.608. The van der Waals surface area contributed by atoms with E-state index in [1.165, 1.54) is 0 Å². The van der Waals surface area contributed by atoms with E-state index < -0.39 is 10.8 Å². The monoisotopic (exact) mass is 180 g/mol. The van der Waals surface area contributed by atoms with Crippen LogP contribution in [0.2, 0.25) is 0 Å². The Morgan fingerprint density at radius 2 is 1.15 bits per heavy atom. The highest BCUT2D eigenvalue weighted by Crippen LogP contribution is 2.68. The van der Waals surface area contributed by atoms with E-state index >= 15 is 0 Å². The summed E-state index contributed by atoms with van der Waals surface area (Å²) in [5.74, 6) is -0.266. The molecule has 2 atom stereocenters. The Labute approximate surface area is 78.7 Å². The van der Waals surface area contributed by atoms with Gasteiger partial charge in [-0.3, -0.25) is 9.59 Å². The molecule has 2 rings (SSSR count). The van der Waals surface area contributed by atoms with E-state index in [4.69, 9.17) is 0 Å². The van der Waals surface area contributed by atoms with Gasteiger partial charge >= 0.3 is 0 Å². The number of hydrogen-bond acceptors (Lipinski definition) is 2. The lowest BCUT2D eigenvalue weighted by Gasteiger charge is -2.35. The molecule has 0 radical (unpaired) electrons. The average molecular weight is 180 g/mol. The Kier molecular flexibility index (Phi) is 1.30. The van der Waals surface area contributed by atoms with E-state index in [0.29, 0.717) is 0 Å². The molecular weight excluding hydrogens is 164 g/mol. The van der Waals surface area contributed by atoms with Crippen LogP contribution in [0.5, 0.6) is 0 Å². The highest BCUT2D eigenvalue weighted by molar-refractivity contribution is 6.44. The first kappa shape index (κ1) is 8.92. The van der Waals surface area contributed by atoms with E-state index in [-0.39, 0.29) is 17.0 Å². The number of Topliss-reactive ketones (excluding diaryl/α,β-unsaturated/α-hetero) is 2. The highest BCUT2D eigenvalue weighted by Gasteiger charge is 2.72. The molecule has 72 valence electrons. The summed E-state index contributed by atoms with van der Waals surface area (Å²) in [5, 5.41) is 0. The molecule has 0 heterocycles. The molecule has 0 unspecified atom stereocenters. The maximum Gasteiger partial charge on any atom is 0.205 e. The van der Waals surface area contributed by atoms with E-state index in [1.807, 2.05) is 13.8 Å². The van der Waals surface area contributed by atoms with Gasteiger partial charge in [-0.15, -0.1) is 0 Å². The number of hydrogen-bond donors (Lipinski definition) is 0. The van der Waals surface area contributed by atoms with Crippen LogP contribution in [-0.4, -0.2) is 11.6 Å². The third-order valence-corrected chi connectivity index (χ3v) is 5.09. The van der Waals surface area contributed by atoms with Gasteiger partial charge in [0.05, 0.1) is 0 Å². The van der Waals surface area contributed by atoms with Crippen molar-refractivity contribution in [2.24, 2.45) is 16.2 Å². The van der Waals surface area contributed by atoms with E-state index in [9.17, 15) is 9.59 Å². The Bertz CT molecular complexity index is 286. The minimum Gasteiger partial charge on any atom is -0.290 e. The lowest BCUT2D eigenvalue weighted by atomic mass is 9.66. The van der Waals surface area contributed by atoms with Crippen LogP contribution in [0, 0.1) is 16.2 Å². The zero-order valence-corrected chi connectivity index (χ0v) is 8.73. The van der Waals surface area contributed by atoms with Crippen molar-refractivity contribution in [3.63, 3.8) is 0 Å². The molecule has 0 aromatic rings. The minimum atomic E-state index is -0.390. The third-order valence-electron chi connectivity index (χ3n) is 5.09. The van der Waals surface area contributed by atoms with E-state index in [0.717, 1.165) is 12.8 Å². The lowest BCUT2D eigenvalue weighted by Crippen LogP contribution is -2.34. The molecule has 0 aromatic heterocycles. The number of carbonyl (C=O) groups is 2. The second-order valence-corrected chi connectivity index (χ2v) is 5.45. The molecular formula is C11H16O2. The van der Waals surface area contributed by atoms with Crippen molar-refractivity contribution in [1.29, 1.82) is 0 Å². The van der Waals surface area contributed by atoms with Gasteiger partial charge in [-0.25, -0.2) is 0 Å². The van der Waals surface area contributed by atoms with Crippen LogP contribution < -0.4 is 0 Å². The summed E-state index contributed by atoms with van der Waals surface area (Å²) in [6, 6.07) is 0. The van der Waals surface area contributed by atoms with Crippen molar-refractivity contribution in [1.82, 2.24) is 0 Å². The van der Waals surface area contributed by atoms with Crippen LogP contribution in [0.25, 0.3) is 0 Å². The minimum absolute atomic E-state index is 0.133. The van der Waals surface area contributed by atoms with Gasteiger partial charge in [-0.05, 0) is 18.3 Å². The molecule has 2 fully saturated rings. The van der Waals surface area contributed by atoms with Gasteiger partial charge in [0.15, 0.2) is 0 Å². The topological polar surface area (TPSA) is 34.1 Å². The van der Waals surface area contributed by atoms with Gasteiger partial charge in [-0.1, -0.05) is 27.7 Å². The van der Waals surface area contributed by atoms with Gasteiger partial charge < -0.3 is 0 Å². The van der Waals surface area contributed by atoms with Crippen LogP contribution >= 0.6 is 0 Å². The molecule has 2 nitrogen and oxygen atoms in total. The molecule has 0 spiro atoms. The fourth-order valence-corrected chi connectivity index (χ4v) is 3.03. The van der Waals surface area contributed by atoms with Crippen molar-refractivity contribution in [3.05, 3.63) is 0 Å². The molecule has 2 aliphatic rings. The molecule has 0 amide bonds. The second kappa shape index (κ2) is 1.89. The smallest absolute Gasteiger partial charge is 0.205 e. The van der Waals surface area contributed by atoms with Gasteiger partial charge in [0, 0.05) is 10.8 Å². The Morgan fingerprint density at radius 3 is 1.31 bits per heavy atom. The molecule has 0 aromatic carbocycles. The molecule has 2 heteroatoms. The first-order chi connectivity index (χ1) is 5.77. The summed E-state index contributed by atoms with van der Waals surface area (Å²) in [6.45, 7) is 8.02.